The van der Waals surface area contributed by atoms with Crippen LogP contribution in [0.5, 0.6) is 17.2 Å². The summed E-state index contributed by atoms with van der Waals surface area (Å²) in [6.45, 7) is 12.0. The van der Waals surface area contributed by atoms with Gasteiger partial charge in [0.25, 0.3) is 0 Å². The smallest absolute Gasteiger partial charge is 0.348 e. The molecule has 0 bridgehead atoms. The van der Waals surface area contributed by atoms with Crippen LogP contribution in [0.2, 0.25) is 5.02 Å². The molecule has 1 amide bonds. The van der Waals surface area contributed by atoms with E-state index in [0.717, 1.165) is 44.4 Å². The van der Waals surface area contributed by atoms with Crippen molar-refractivity contribution in [1.82, 2.24) is 39.3 Å². The van der Waals surface area contributed by atoms with E-state index in [1.54, 1.807) is 29.4 Å². The predicted octanol–water partition coefficient (Wildman–Crippen LogP) is 8.43. The number of thiophene rings is 1. The number of carbonyl (C=O) groups is 1. The van der Waals surface area contributed by atoms with Crippen molar-refractivity contribution in [3.8, 4) is 39.3 Å². The normalized spacial score (nSPS) is 13.5. The molecule has 0 spiro atoms. The number of aliphatic imine (C=N–C) groups is 1. The van der Waals surface area contributed by atoms with Crippen molar-refractivity contribution in [2.75, 3.05) is 27.2 Å². The van der Waals surface area contributed by atoms with Crippen LogP contribution in [0.3, 0.4) is 0 Å². The van der Waals surface area contributed by atoms with Gasteiger partial charge in [-0.1, -0.05) is 61.8 Å². The summed E-state index contributed by atoms with van der Waals surface area (Å²) in [6, 6.07) is 25.6. The monoisotopic (exact) mass is 899 g/mol. The van der Waals surface area contributed by atoms with Crippen molar-refractivity contribution in [2.45, 2.75) is 66.1 Å². The van der Waals surface area contributed by atoms with Crippen LogP contribution in [0.1, 0.15) is 82.1 Å². The minimum absolute atomic E-state index is 0.00505. The van der Waals surface area contributed by atoms with E-state index in [1.807, 2.05) is 105 Å². The number of aromatic hydroxyl groups is 2. The average Bonchev–Trinajstić information content (AvgIpc) is 3.90. The molecule has 3 N–H and O–H groups in total. The number of rotatable bonds is 14. The summed E-state index contributed by atoms with van der Waals surface area (Å²) in [5, 5.41) is 38.3. The molecular formula is C48H50ClN9O5S. The molecule has 3 aromatic heterocycles. The number of aromatic nitrogens is 6. The molecule has 64 heavy (non-hydrogen) atoms. The third-order valence-electron chi connectivity index (χ3n) is 11.5. The van der Waals surface area contributed by atoms with Crippen molar-refractivity contribution in [3.05, 3.63) is 150 Å². The Bertz CT molecular complexity index is 2920. The number of phenols is 2. The van der Waals surface area contributed by atoms with Crippen molar-refractivity contribution >= 4 is 34.6 Å². The van der Waals surface area contributed by atoms with E-state index in [0.29, 0.717) is 59.7 Å². The standard InChI is InChI=1S/C48H50ClN9O5S/c1-27(2)37-22-38(41(60)24-40(37)59)45-52-54-48(62)58(45)35-16-8-31(9-17-35)25-55(6)26-32-10-18-36(19-11-32)63-21-20-56(7)42(61)23-39-46-53-51-30(5)57(46)47-43(28(3)29(4)64-47)44(50-39)33-12-14-34(49)15-13-33/h8-19,22,24,27,39,59-60H,20-21,23,25-26H2,1-7H3,(H,54,62)/t39-/m0/s1. The zero-order chi connectivity index (χ0) is 45.4. The van der Waals surface area contributed by atoms with Gasteiger partial charge in [0.1, 0.15) is 40.7 Å². The molecule has 0 aliphatic carbocycles. The molecule has 14 nitrogen and oxygen atoms in total. The summed E-state index contributed by atoms with van der Waals surface area (Å²) in [5.74, 6) is 2.06. The molecule has 1 aliphatic rings. The number of ether oxygens (including phenoxy) is 1. The summed E-state index contributed by atoms with van der Waals surface area (Å²) in [4.78, 5) is 36.9. The van der Waals surface area contributed by atoms with E-state index >= 15 is 0 Å². The first-order valence-corrected chi connectivity index (χ1v) is 22.2. The molecule has 0 radical (unpaired) electrons. The minimum Gasteiger partial charge on any atom is -0.508 e. The maximum Gasteiger partial charge on any atom is 0.348 e. The second kappa shape index (κ2) is 18.3. The van der Waals surface area contributed by atoms with Gasteiger partial charge in [0.15, 0.2) is 11.6 Å². The molecule has 16 heteroatoms. The first-order valence-electron chi connectivity index (χ1n) is 21.0. The first-order chi connectivity index (χ1) is 30.7. The molecule has 4 aromatic carbocycles. The van der Waals surface area contributed by atoms with Gasteiger partial charge >= 0.3 is 5.69 Å². The number of nitrogens with one attached hydrogen (secondary N) is 1. The Morgan fingerprint density at radius 3 is 2.25 bits per heavy atom. The number of carbonyl (C=O) groups excluding carboxylic acids is 1. The van der Waals surface area contributed by atoms with Crippen LogP contribution in [0.25, 0.3) is 22.1 Å². The number of phenolic OH excluding ortho intramolecular Hbond substituents is 2. The van der Waals surface area contributed by atoms with Gasteiger partial charge in [0.2, 0.25) is 5.91 Å². The molecule has 7 aromatic rings. The number of amides is 1. The molecule has 0 saturated carbocycles. The van der Waals surface area contributed by atoms with Gasteiger partial charge in [-0.2, -0.15) is 5.10 Å². The van der Waals surface area contributed by atoms with Crippen molar-refractivity contribution in [3.63, 3.8) is 0 Å². The molecule has 1 aliphatic heterocycles. The summed E-state index contributed by atoms with van der Waals surface area (Å²) in [7, 11) is 3.81. The molecule has 0 unspecified atom stereocenters. The minimum atomic E-state index is -0.555. The highest BCUT2D eigenvalue weighted by molar-refractivity contribution is 7.15. The summed E-state index contributed by atoms with van der Waals surface area (Å²) in [6.07, 6.45) is 0.113. The number of fused-ring (bicyclic) bond motifs is 3. The third-order valence-corrected chi connectivity index (χ3v) is 13.0. The fourth-order valence-electron chi connectivity index (χ4n) is 7.95. The van der Waals surface area contributed by atoms with Crippen molar-refractivity contribution in [2.24, 2.45) is 4.99 Å². The molecular weight excluding hydrogens is 850 g/mol. The largest absolute Gasteiger partial charge is 0.508 e. The Morgan fingerprint density at radius 1 is 0.906 bits per heavy atom. The number of aromatic amines is 1. The summed E-state index contributed by atoms with van der Waals surface area (Å²) >= 11 is 7.94. The van der Waals surface area contributed by atoms with Crippen LogP contribution in [0.15, 0.2) is 94.7 Å². The second-order valence-corrected chi connectivity index (χ2v) is 18.2. The number of hydrogen-bond donors (Lipinski definition) is 3. The Kier molecular flexibility index (Phi) is 12.6. The lowest BCUT2D eigenvalue weighted by molar-refractivity contribution is -0.130. The van der Waals surface area contributed by atoms with Crippen molar-refractivity contribution < 1.29 is 19.7 Å². The highest BCUT2D eigenvalue weighted by Crippen LogP contribution is 2.40. The van der Waals surface area contributed by atoms with E-state index in [2.05, 4.69) is 39.1 Å². The van der Waals surface area contributed by atoms with Crippen LogP contribution < -0.4 is 10.4 Å². The summed E-state index contributed by atoms with van der Waals surface area (Å²) < 4.78 is 9.54. The molecule has 8 rings (SSSR count). The van der Waals surface area contributed by atoms with E-state index in [9.17, 15) is 19.8 Å². The molecule has 0 fully saturated rings. The Hall–Kier alpha value is -6.55. The van der Waals surface area contributed by atoms with Crippen LogP contribution in [-0.2, 0) is 17.9 Å². The molecule has 4 heterocycles. The van der Waals surface area contributed by atoms with E-state index in [-0.39, 0.29) is 35.6 Å². The van der Waals surface area contributed by atoms with E-state index in [4.69, 9.17) is 21.3 Å². The second-order valence-electron chi connectivity index (χ2n) is 16.5. The number of halogens is 1. The van der Waals surface area contributed by atoms with Gasteiger partial charge in [-0.25, -0.2) is 14.5 Å². The number of H-pyrrole nitrogens is 1. The Balaban J connectivity index is 0.862. The predicted molar refractivity (Wildman–Crippen MR) is 250 cm³/mol. The van der Waals surface area contributed by atoms with Crippen LogP contribution in [0.4, 0.5) is 0 Å². The third kappa shape index (κ3) is 8.96. The number of benzene rings is 4. The molecule has 330 valence electrons. The highest BCUT2D eigenvalue weighted by Gasteiger charge is 2.33. The topological polar surface area (TPSA) is 167 Å². The molecule has 0 saturated heterocycles. The van der Waals surface area contributed by atoms with Gasteiger partial charge < -0.3 is 19.8 Å². The fourth-order valence-corrected chi connectivity index (χ4v) is 9.29. The highest BCUT2D eigenvalue weighted by atomic mass is 35.5. The van der Waals surface area contributed by atoms with E-state index in [1.165, 1.54) is 15.5 Å². The van der Waals surface area contributed by atoms with Crippen LogP contribution in [-0.4, -0.2) is 88.4 Å². The Labute approximate surface area is 380 Å². The maximum absolute atomic E-state index is 13.8. The fraction of sp³-hybridized carbons (Fsp3) is 0.292. The zero-order valence-corrected chi connectivity index (χ0v) is 38.3. The SMILES string of the molecule is Cc1sc2c(c1C)C(c1ccc(Cl)cc1)=N[C@@H](CC(=O)N(C)CCOc1ccc(CN(C)Cc3ccc(-n4c(-c5cc(C(C)C)c(O)cc5O)n[nH]c4=O)cc3)cc1)c1nnc(C)n1-2. The quantitative estimate of drug-likeness (QED) is 0.0971. The zero-order valence-electron chi connectivity index (χ0n) is 36.8. The average molecular weight is 901 g/mol. The van der Waals surface area contributed by atoms with Crippen LogP contribution in [0, 0.1) is 20.8 Å². The van der Waals surface area contributed by atoms with Crippen LogP contribution >= 0.6 is 22.9 Å². The summed E-state index contributed by atoms with van der Waals surface area (Å²) in [5.41, 5.74) is 7.16. The van der Waals surface area contributed by atoms with Gasteiger partial charge in [-0.05, 0) is 98.5 Å². The number of hydrogen-bond acceptors (Lipinski definition) is 11. The first kappa shape index (κ1) is 44.1. The Morgan fingerprint density at radius 2 is 1.58 bits per heavy atom. The van der Waals surface area contributed by atoms with Gasteiger partial charge in [0, 0.05) is 47.2 Å². The lowest BCUT2D eigenvalue weighted by Crippen LogP contribution is -2.32. The number of likely N-dealkylation sites (N-methyl/N-ethyl adjacent to an activating group) is 1. The number of aryl methyl sites for hydroxylation is 2. The number of nitrogens with zero attached hydrogens (tertiary/aromatic N) is 8. The van der Waals surface area contributed by atoms with Crippen molar-refractivity contribution in [1.29, 1.82) is 0 Å². The maximum atomic E-state index is 13.8. The van der Waals surface area contributed by atoms with Gasteiger partial charge in [-0.15, -0.1) is 21.5 Å². The lowest BCUT2D eigenvalue weighted by atomic mass is 9.98. The lowest BCUT2D eigenvalue weighted by Gasteiger charge is -2.20. The van der Waals surface area contributed by atoms with Gasteiger partial charge in [-0.3, -0.25) is 19.3 Å². The molecule has 1 atom stereocenters. The van der Waals surface area contributed by atoms with Gasteiger partial charge in [0.05, 0.1) is 29.9 Å². The van der Waals surface area contributed by atoms with E-state index < -0.39 is 11.7 Å².